The Bertz CT molecular complexity index is 984. The Morgan fingerprint density at radius 3 is 2.38 bits per heavy atom. The molecular formula is C23H30N2O3S. The van der Waals surface area contributed by atoms with E-state index in [9.17, 15) is 13.2 Å². The SMILES string of the molecule is CCC(C(=O)NC(C)c1ccc2c(c1)CCC2)N(c1ccc(C)cc1)S(C)(=O)=O. The van der Waals surface area contributed by atoms with Crippen LogP contribution in [0.25, 0.3) is 0 Å². The molecule has 3 rings (SSSR count). The topological polar surface area (TPSA) is 66.5 Å². The van der Waals surface area contributed by atoms with Crippen LogP contribution in [0.5, 0.6) is 0 Å². The van der Waals surface area contributed by atoms with Gasteiger partial charge in [-0.05, 0) is 68.4 Å². The molecule has 0 aliphatic heterocycles. The molecule has 5 nitrogen and oxygen atoms in total. The highest BCUT2D eigenvalue weighted by Gasteiger charge is 2.32. The molecule has 0 bridgehead atoms. The van der Waals surface area contributed by atoms with Gasteiger partial charge in [0.1, 0.15) is 6.04 Å². The van der Waals surface area contributed by atoms with Gasteiger partial charge in [0, 0.05) is 0 Å². The van der Waals surface area contributed by atoms with Crippen LogP contribution in [0.15, 0.2) is 42.5 Å². The van der Waals surface area contributed by atoms with Crippen LogP contribution in [0, 0.1) is 6.92 Å². The van der Waals surface area contributed by atoms with E-state index >= 15 is 0 Å². The van der Waals surface area contributed by atoms with Crippen molar-refractivity contribution in [2.45, 2.75) is 58.5 Å². The van der Waals surface area contributed by atoms with E-state index in [1.807, 2.05) is 32.9 Å². The zero-order valence-corrected chi connectivity index (χ0v) is 18.4. The van der Waals surface area contributed by atoms with Crippen LogP contribution >= 0.6 is 0 Å². The number of carbonyl (C=O) groups is 1. The molecule has 0 radical (unpaired) electrons. The van der Waals surface area contributed by atoms with Gasteiger partial charge >= 0.3 is 0 Å². The molecular weight excluding hydrogens is 384 g/mol. The lowest BCUT2D eigenvalue weighted by Crippen LogP contribution is -2.49. The number of anilines is 1. The summed E-state index contributed by atoms with van der Waals surface area (Å²) in [5, 5.41) is 3.03. The first-order valence-electron chi connectivity index (χ1n) is 10.2. The third-order valence-corrected chi connectivity index (χ3v) is 6.78. The summed E-state index contributed by atoms with van der Waals surface area (Å²) in [6.07, 6.45) is 4.90. The van der Waals surface area contributed by atoms with Crippen molar-refractivity contribution in [1.82, 2.24) is 5.32 Å². The van der Waals surface area contributed by atoms with Crippen molar-refractivity contribution in [2.75, 3.05) is 10.6 Å². The van der Waals surface area contributed by atoms with Crippen molar-refractivity contribution in [3.8, 4) is 0 Å². The van der Waals surface area contributed by atoms with Gasteiger partial charge in [0.25, 0.3) is 0 Å². The lowest BCUT2D eigenvalue weighted by molar-refractivity contribution is -0.122. The number of benzene rings is 2. The highest BCUT2D eigenvalue weighted by atomic mass is 32.2. The van der Waals surface area contributed by atoms with Gasteiger partial charge in [-0.3, -0.25) is 9.10 Å². The van der Waals surface area contributed by atoms with Crippen LogP contribution in [-0.2, 0) is 27.7 Å². The van der Waals surface area contributed by atoms with Gasteiger partial charge in [0.15, 0.2) is 0 Å². The second-order valence-corrected chi connectivity index (χ2v) is 9.79. The molecule has 2 atom stereocenters. The molecule has 1 N–H and O–H groups in total. The van der Waals surface area contributed by atoms with Crippen LogP contribution in [0.1, 0.15) is 55.0 Å². The number of sulfonamides is 1. The molecule has 0 aromatic heterocycles. The quantitative estimate of drug-likeness (QED) is 0.747. The Hall–Kier alpha value is -2.34. The molecule has 0 spiro atoms. The molecule has 0 fully saturated rings. The van der Waals surface area contributed by atoms with Crippen molar-refractivity contribution < 1.29 is 13.2 Å². The smallest absolute Gasteiger partial charge is 0.244 e. The molecule has 0 saturated carbocycles. The molecule has 2 unspecified atom stereocenters. The minimum absolute atomic E-state index is 0.193. The van der Waals surface area contributed by atoms with Gasteiger partial charge in [0.2, 0.25) is 15.9 Å². The fraction of sp³-hybridized carbons (Fsp3) is 0.435. The Labute approximate surface area is 174 Å². The Kier molecular flexibility index (Phi) is 6.32. The third kappa shape index (κ3) is 4.81. The third-order valence-electron chi connectivity index (χ3n) is 5.60. The first-order valence-corrected chi connectivity index (χ1v) is 12.0. The van der Waals surface area contributed by atoms with Crippen molar-refractivity contribution in [3.63, 3.8) is 0 Å². The zero-order chi connectivity index (χ0) is 21.2. The van der Waals surface area contributed by atoms with E-state index in [4.69, 9.17) is 0 Å². The van der Waals surface area contributed by atoms with Crippen LogP contribution in [0.2, 0.25) is 0 Å². The maximum absolute atomic E-state index is 13.1. The molecule has 1 aliphatic carbocycles. The molecule has 6 heteroatoms. The average molecular weight is 415 g/mol. The number of amides is 1. The van der Waals surface area contributed by atoms with E-state index in [0.717, 1.165) is 30.2 Å². The van der Waals surface area contributed by atoms with E-state index in [-0.39, 0.29) is 11.9 Å². The first-order chi connectivity index (χ1) is 13.7. The number of hydrogen-bond donors (Lipinski definition) is 1. The van der Waals surface area contributed by atoms with Gasteiger partial charge in [-0.15, -0.1) is 0 Å². The zero-order valence-electron chi connectivity index (χ0n) is 17.6. The van der Waals surface area contributed by atoms with E-state index in [0.29, 0.717) is 12.1 Å². The number of aryl methyl sites for hydroxylation is 3. The van der Waals surface area contributed by atoms with Crippen molar-refractivity contribution in [1.29, 1.82) is 0 Å². The normalized spacial score (nSPS) is 15.4. The molecule has 1 aliphatic rings. The predicted molar refractivity (Wildman–Crippen MR) is 118 cm³/mol. The highest BCUT2D eigenvalue weighted by Crippen LogP contribution is 2.27. The van der Waals surface area contributed by atoms with Crippen molar-refractivity contribution >= 4 is 21.6 Å². The monoisotopic (exact) mass is 414 g/mol. The van der Waals surface area contributed by atoms with Gasteiger partial charge < -0.3 is 5.32 Å². The second-order valence-electron chi connectivity index (χ2n) is 7.93. The molecule has 2 aromatic rings. The number of nitrogens with zero attached hydrogens (tertiary/aromatic N) is 1. The van der Waals surface area contributed by atoms with Crippen molar-refractivity contribution in [2.24, 2.45) is 0 Å². The Morgan fingerprint density at radius 1 is 1.10 bits per heavy atom. The molecule has 1 amide bonds. The second kappa shape index (κ2) is 8.57. The van der Waals surface area contributed by atoms with E-state index in [2.05, 4.69) is 23.5 Å². The Balaban J connectivity index is 1.83. The number of hydrogen-bond acceptors (Lipinski definition) is 3. The highest BCUT2D eigenvalue weighted by molar-refractivity contribution is 7.92. The lowest BCUT2D eigenvalue weighted by Gasteiger charge is -2.31. The largest absolute Gasteiger partial charge is 0.348 e. The number of fused-ring (bicyclic) bond motifs is 1. The number of rotatable bonds is 7. The maximum Gasteiger partial charge on any atom is 0.244 e. The summed E-state index contributed by atoms with van der Waals surface area (Å²) in [5.74, 6) is -0.286. The summed E-state index contributed by atoms with van der Waals surface area (Å²) >= 11 is 0. The predicted octanol–water partition coefficient (Wildman–Crippen LogP) is 3.91. The number of nitrogens with one attached hydrogen (secondary N) is 1. The Morgan fingerprint density at radius 2 is 1.76 bits per heavy atom. The summed E-state index contributed by atoms with van der Waals surface area (Å²) in [5.41, 5.74) is 5.33. The standard InChI is InChI=1S/C23H30N2O3S/c1-5-22(25(29(4,27)28)21-13-9-16(2)10-14-21)23(26)24-17(3)19-12-11-18-7-6-8-20(18)15-19/h9-15,17,22H,5-8H2,1-4H3,(H,24,26). The van der Waals surface area contributed by atoms with Crippen LogP contribution in [0.4, 0.5) is 5.69 Å². The molecule has 0 saturated heterocycles. The maximum atomic E-state index is 13.1. The van der Waals surface area contributed by atoms with E-state index in [1.54, 1.807) is 12.1 Å². The minimum Gasteiger partial charge on any atom is -0.348 e. The fourth-order valence-electron chi connectivity index (χ4n) is 4.01. The fourth-order valence-corrected chi connectivity index (χ4v) is 5.22. The summed E-state index contributed by atoms with van der Waals surface area (Å²) < 4.78 is 26.3. The van der Waals surface area contributed by atoms with Crippen molar-refractivity contribution in [3.05, 3.63) is 64.7 Å². The summed E-state index contributed by atoms with van der Waals surface area (Å²) in [6.45, 7) is 5.71. The molecule has 2 aromatic carbocycles. The molecule has 0 heterocycles. The van der Waals surface area contributed by atoms with Crippen LogP contribution in [0.3, 0.4) is 0 Å². The molecule has 29 heavy (non-hydrogen) atoms. The lowest BCUT2D eigenvalue weighted by atomic mass is 10.0. The van der Waals surface area contributed by atoms with Gasteiger partial charge in [-0.2, -0.15) is 0 Å². The molecule has 156 valence electrons. The average Bonchev–Trinajstić information content (AvgIpc) is 3.13. The van der Waals surface area contributed by atoms with Gasteiger partial charge in [0.05, 0.1) is 18.0 Å². The minimum atomic E-state index is -3.62. The summed E-state index contributed by atoms with van der Waals surface area (Å²) in [4.78, 5) is 13.1. The van der Waals surface area contributed by atoms with E-state index < -0.39 is 16.1 Å². The number of carbonyl (C=O) groups excluding carboxylic acids is 1. The van der Waals surface area contributed by atoms with Gasteiger partial charge in [-0.25, -0.2) is 8.42 Å². The van der Waals surface area contributed by atoms with E-state index in [1.165, 1.54) is 21.9 Å². The first kappa shape index (κ1) is 21.4. The summed E-state index contributed by atoms with van der Waals surface area (Å²) in [7, 11) is -3.62. The summed E-state index contributed by atoms with van der Waals surface area (Å²) in [6, 6.07) is 12.6. The van der Waals surface area contributed by atoms with Crippen LogP contribution < -0.4 is 9.62 Å². The van der Waals surface area contributed by atoms with Gasteiger partial charge in [-0.1, -0.05) is 42.8 Å². The van der Waals surface area contributed by atoms with Crippen LogP contribution in [-0.4, -0.2) is 26.6 Å².